The smallest absolute Gasteiger partial charge is 0.418 e. The predicted molar refractivity (Wildman–Crippen MR) is 141 cm³/mol. The maximum Gasteiger partial charge on any atom is 0.418 e. The number of thiazole rings is 1. The average molecular weight is 569 g/mol. The molecule has 0 unspecified atom stereocenters. The van der Waals surface area contributed by atoms with Crippen molar-refractivity contribution in [1.82, 2.24) is 4.98 Å². The van der Waals surface area contributed by atoms with E-state index in [1.54, 1.807) is 24.3 Å². The minimum atomic E-state index is -4.75. The first-order valence-corrected chi connectivity index (χ1v) is 13.6. The van der Waals surface area contributed by atoms with Gasteiger partial charge < -0.3 is 9.72 Å². The summed E-state index contributed by atoms with van der Waals surface area (Å²) in [5, 5.41) is -0.539. The number of hydrogen-bond donors (Lipinski definition) is 1. The van der Waals surface area contributed by atoms with Gasteiger partial charge in [-0.25, -0.2) is 4.90 Å². The number of aromatic amines is 1. The molecule has 6 rings (SSSR count). The van der Waals surface area contributed by atoms with E-state index in [0.717, 1.165) is 40.8 Å². The van der Waals surface area contributed by atoms with Gasteiger partial charge >= 0.3 is 11.0 Å². The van der Waals surface area contributed by atoms with E-state index in [1.165, 1.54) is 12.1 Å². The molecular formula is C28H19F3N2O4S2. The molecule has 39 heavy (non-hydrogen) atoms. The van der Waals surface area contributed by atoms with Crippen molar-refractivity contribution in [2.45, 2.75) is 29.0 Å². The van der Waals surface area contributed by atoms with Crippen LogP contribution in [0, 0.1) is 5.92 Å². The van der Waals surface area contributed by atoms with Crippen LogP contribution in [-0.2, 0) is 22.4 Å². The van der Waals surface area contributed by atoms with Crippen molar-refractivity contribution in [3.05, 3.63) is 110 Å². The number of benzene rings is 3. The van der Waals surface area contributed by atoms with Gasteiger partial charge in [0.1, 0.15) is 17.6 Å². The summed E-state index contributed by atoms with van der Waals surface area (Å²) in [6.45, 7) is 0.356. The highest BCUT2D eigenvalue weighted by Gasteiger charge is 2.57. The van der Waals surface area contributed by atoms with Crippen LogP contribution in [0.3, 0.4) is 0 Å². The van der Waals surface area contributed by atoms with Gasteiger partial charge in [-0.05, 0) is 35.4 Å². The molecule has 4 aromatic rings. The van der Waals surface area contributed by atoms with Gasteiger partial charge in [0.2, 0.25) is 11.8 Å². The summed E-state index contributed by atoms with van der Waals surface area (Å²) < 4.78 is 47.2. The lowest BCUT2D eigenvalue weighted by Gasteiger charge is -2.29. The van der Waals surface area contributed by atoms with Gasteiger partial charge in [0.05, 0.1) is 22.2 Å². The minimum absolute atomic E-state index is 0.334. The van der Waals surface area contributed by atoms with E-state index in [1.807, 2.05) is 30.3 Å². The first kappa shape index (κ1) is 25.4. The van der Waals surface area contributed by atoms with E-state index < -0.39 is 46.3 Å². The summed E-state index contributed by atoms with van der Waals surface area (Å²) in [7, 11) is 0. The zero-order chi connectivity index (χ0) is 27.3. The molecule has 198 valence electrons. The zero-order valence-electron chi connectivity index (χ0n) is 20.0. The fraction of sp³-hybridized carbons (Fsp3) is 0.179. The van der Waals surface area contributed by atoms with Crippen LogP contribution in [0.25, 0.3) is 0 Å². The third-order valence-corrected chi connectivity index (χ3v) is 9.16. The Bertz CT molecular complexity index is 1620. The Hall–Kier alpha value is -3.83. The number of fused-ring (bicyclic) bond motifs is 2. The first-order chi connectivity index (χ1) is 18.7. The summed E-state index contributed by atoms with van der Waals surface area (Å²) in [4.78, 5) is 43.2. The summed E-state index contributed by atoms with van der Waals surface area (Å²) in [5.41, 5.74) is 0.0935. The molecule has 0 bridgehead atoms. The lowest BCUT2D eigenvalue weighted by Crippen LogP contribution is -2.33. The number of aromatic nitrogens is 1. The Labute approximate surface area is 228 Å². The summed E-state index contributed by atoms with van der Waals surface area (Å²) >= 11 is 1.95. The van der Waals surface area contributed by atoms with Gasteiger partial charge in [-0.2, -0.15) is 13.2 Å². The number of hydrogen-bond acceptors (Lipinski definition) is 6. The summed E-state index contributed by atoms with van der Waals surface area (Å²) in [5.74, 6) is -2.56. The summed E-state index contributed by atoms with van der Waals surface area (Å²) in [6, 6.07) is 21.2. The Morgan fingerprint density at radius 1 is 0.872 bits per heavy atom. The van der Waals surface area contributed by atoms with Crippen molar-refractivity contribution < 1.29 is 27.5 Å². The molecule has 0 saturated carbocycles. The van der Waals surface area contributed by atoms with Gasteiger partial charge in [-0.1, -0.05) is 77.7 Å². The number of ether oxygens (including phenoxy) is 1. The fourth-order valence-electron chi connectivity index (χ4n) is 5.03. The maximum atomic E-state index is 13.8. The molecule has 0 aliphatic carbocycles. The zero-order valence-corrected chi connectivity index (χ0v) is 21.6. The van der Waals surface area contributed by atoms with E-state index in [0.29, 0.717) is 32.7 Å². The van der Waals surface area contributed by atoms with Crippen molar-refractivity contribution in [2.24, 2.45) is 5.92 Å². The monoisotopic (exact) mass is 568 g/mol. The maximum absolute atomic E-state index is 13.8. The Morgan fingerprint density at radius 2 is 1.56 bits per heavy atom. The van der Waals surface area contributed by atoms with E-state index >= 15 is 0 Å². The molecule has 1 saturated heterocycles. The second-order valence-electron chi connectivity index (χ2n) is 9.12. The quantitative estimate of drug-likeness (QED) is 0.307. The molecule has 11 heteroatoms. The number of nitrogens with zero attached hydrogens (tertiary/aromatic N) is 1. The van der Waals surface area contributed by atoms with Gasteiger partial charge in [-0.15, -0.1) is 0 Å². The molecular weight excluding hydrogens is 549 g/mol. The van der Waals surface area contributed by atoms with Crippen LogP contribution >= 0.6 is 23.1 Å². The second-order valence-corrected chi connectivity index (χ2v) is 11.3. The number of carbonyl (C=O) groups excluding carboxylic acids is 2. The Morgan fingerprint density at radius 3 is 2.28 bits per heavy atom. The lowest BCUT2D eigenvalue weighted by molar-refractivity contribution is -0.137. The molecule has 2 amide bonds. The van der Waals surface area contributed by atoms with Crippen LogP contribution < -0.4 is 14.5 Å². The number of amides is 2. The normalized spacial score (nSPS) is 20.6. The highest BCUT2D eigenvalue weighted by atomic mass is 32.2. The number of para-hydroxylation sites is 1. The second kappa shape index (κ2) is 9.73. The number of anilines is 1. The van der Waals surface area contributed by atoms with Gasteiger partial charge in [0.25, 0.3) is 0 Å². The molecule has 1 N–H and O–H groups in total. The topological polar surface area (TPSA) is 79.5 Å². The van der Waals surface area contributed by atoms with Crippen LogP contribution in [0.15, 0.2) is 88.7 Å². The van der Waals surface area contributed by atoms with Crippen LogP contribution in [0.5, 0.6) is 5.75 Å². The largest absolute Gasteiger partial charge is 0.489 e. The minimum Gasteiger partial charge on any atom is -0.489 e. The number of halogens is 3. The third-order valence-electron chi connectivity index (χ3n) is 6.76. The Kier molecular flexibility index (Phi) is 6.35. The third kappa shape index (κ3) is 4.55. The molecule has 1 fully saturated rings. The first-order valence-electron chi connectivity index (χ1n) is 11.9. The highest BCUT2D eigenvalue weighted by molar-refractivity contribution is 8.00. The predicted octanol–water partition coefficient (Wildman–Crippen LogP) is 5.83. The van der Waals surface area contributed by atoms with E-state index in [2.05, 4.69) is 4.98 Å². The lowest BCUT2D eigenvalue weighted by atomic mass is 9.83. The van der Waals surface area contributed by atoms with E-state index in [-0.39, 0.29) is 4.87 Å². The molecule has 3 aromatic carbocycles. The molecule has 2 aliphatic heterocycles. The number of imide groups is 1. The van der Waals surface area contributed by atoms with Crippen LogP contribution in [0.2, 0.25) is 0 Å². The SMILES string of the molecule is O=C1[C@H]2[C@H](c3ccc(OCc4ccccc4)cc3)c3sc(=O)[nH]c3S[C@H]2C(=O)N1c1ccccc1C(F)(F)F. The molecule has 2 aliphatic rings. The molecule has 1 aromatic heterocycles. The van der Waals surface area contributed by atoms with E-state index in [9.17, 15) is 27.6 Å². The molecule has 6 nitrogen and oxygen atoms in total. The van der Waals surface area contributed by atoms with Gasteiger partial charge in [0, 0.05) is 10.8 Å². The number of thioether (sulfide) groups is 1. The Balaban J connectivity index is 1.36. The molecule has 0 spiro atoms. The van der Waals surface area contributed by atoms with Crippen molar-refractivity contribution in [3.63, 3.8) is 0 Å². The number of rotatable bonds is 5. The van der Waals surface area contributed by atoms with Crippen molar-refractivity contribution >= 4 is 40.6 Å². The fourth-order valence-corrected chi connectivity index (χ4v) is 7.55. The van der Waals surface area contributed by atoms with Crippen molar-refractivity contribution in [2.75, 3.05) is 4.90 Å². The van der Waals surface area contributed by atoms with E-state index in [4.69, 9.17) is 4.74 Å². The van der Waals surface area contributed by atoms with Crippen molar-refractivity contribution in [1.29, 1.82) is 0 Å². The molecule has 0 radical (unpaired) electrons. The van der Waals surface area contributed by atoms with Crippen molar-refractivity contribution in [3.8, 4) is 5.75 Å². The number of carbonyl (C=O) groups is 2. The number of alkyl halides is 3. The molecule has 3 heterocycles. The standard InChI is InChI=1S/C28H19F3N2O4S2/c29-28(30,31)18-8-4-5-9-19(18)33-25(34)21-20(22-24(32-27(36)39-22)38-23(21)26(33)35)16-10-12-17(13-11-16)37-14-15-6-2-1-3-7-15/h1-13,20-21,23H,14H2,(H,32,36)/t20-,21-,23+/m0/s1. The molecule has 3 atom stereocenters. The number of H-pyrrole nitrogens is 1. The van der Waals surface area contributed by atoms with Crippen LogP contribution in [0.4, 0.5) is 18.9 Å². The summed E-state index contributed by atoms with van der Waals surface area (Å²) in [6.07, 6.45) is -4.75. The number of nitrogens with one attached hydrogen (secondary N) is 1. The highest BCUT2D eigenvalue weighted by Crippen LogP contribution is 2.54. The van der Waals surface area contributed by atoms with Crippen LogP contribution in [0.1, 0.15) is 27.5 Å². The van der Waals surface area contributed by atoms with Crippen LogP contribution in [-0.4, -0.2) is 22.0 Å². The van der Waals surface area contributed by atoms with Gasteiger partial charge in [-0.3, -0.25) is 14.4 Å². The van der Waals surface area contributed by atoms with Gasteiger partial charge in [0.15, 0.2) is 0 Å². The average Bonchev–Trinajstić information content (AvgIpc) is 3.42.